The van der Waals surface area contributed by atoms with Crippen molar-refractivity contribution in [2.75, 3.05) is 13.1 Å². The van der Waals surface area contributed by atoms with Crippen molar-refractivity contribution < 1.29 is 18.4 Å². The first-order valence-electron chi connectivity index (χ1n) is 9.78. The van der Waals surface area contributed by atoms with Gasteiger partial charge in [-0.05, 0) is 49.2 Å². The average Bonchev–Trinajstić information content (AvgIpc) is 3.16. The second-order valence-electron chi connectivity index (χ2n) is 7.43. The van der Waals surface area contributed by atoms with Gasteiger partial charge >= 0.3 is 0 Å². The van der Waals surface area contributed by atoms with E-state index in [1.165, 1.54) is 47.8 Å². The Morgan fingerprint density at radius 1 is 0.767 bits per heavy atom. The van der Waals surface area contributed by atoms with E-state index >= 15 is 0 Å². The number of halogens is 2. The maximum Gasteiger partial charge on any atom is 0.236 e. The summed E-state index contributed by atoms with van der Waals surface area (Å²) < 4.78 is 27.5. The topological polar surface area (TPSA) is 40.6 Å². The van der Waals surface area contributed by atoms with Gasteiger partial charge in [0.2, 0.25) is 11.8 Å². The van der Waals surface area contributed by atoms with E-state index in [1.54, 1.807) is 21.9 Å². The quantitative estimate of drug-likeness (QED) is 0.671. The van der Waals surface area contributed by atoms with Gasteiger partial charge in [0.05, 0.1) is 10.5 Å². The lowest BCUT2D eigenvalue weighted by molar-refractivity contribution is -0.133. The lowest BCUT2D eigenvalue weighted by atomic mass is 10.2. The highest BCUT2D eigenvalue weighted by atomic mass is 32.2. The molecule has 2 aliphatic heterocycles. The summed E-state index contributed by atoms with van der Waals surface area (Å²) in [6.45, 7) is 4.35. The Kier molecular flexibility index (Phi) is 6.06. The van der Waals surface area contributed by atoms with Crippen LogP contribution in [-0.4, -0.2) is 45.2 Å². The molecule has 0 aliphatic carbocycles. The minimum Gasteiger partial charge on any atom is -0.324 e. The molecule has 2 saturated heterocycles. The van der Waals surface area contributed by atoms with Crippen LogP contribution in [0.4, 0.5) is 8.78 Å². The number of nitrogens with zero attached hydrogens (tertiary/aromatic N) is 2. The van der Waals surface area contributed by atoms with Crippen molar-refractivity contribution in [1.82, 2.24) is 9.80 Å². The van der Waals surface area contributed by atoms with Crippen LogP contribution in [0.2, 0.25) is 0 Å². The summed E-state index contributed by atoms with van der Waals surface area (Å²) in [4.78, 5) is 29.0. The zero-order valence-electron chi connectivity index (χ0n) is 16.6. The zero-order valence-corrected chi connectivity index (χ0v) is 18.3. The fraction of sp³-hybridized carbons (Fsp3) is 0.364. The van der Waals surface area contributed by atoms with Gasteiger partial charge in [-0.1, -0.05) is 24.3 Å². The smallest absolute Gasteiger partial charge is 0.236 e. The van der Waals surface area contributed by atoms with Crippen LogP contribution in [0.3, 0.4) is 0 Å². The van der Waals surface area contributed by atoms with Crippen molar-refractivity contribution in [3.8, 4) is 0 Å². The molecule has 2 fully saturated rings. The normalized spacial score (nSPS) is 26.7. The van der Waals surface area contributed by atoms with Crippen molar-refractivity contribution >= 4 is 35.3 Å². The van der Waals surface area contributed by atoms with E-state index < -0.39 is 0 Å². The van der Waals surface area contributed by atoms with E-state index in [0.29, 0.717) is 13.1 Å². The van der Waals surface area contributed by atoms with Crippen molar-refractivity contribution in [2.45, 2.75) is 35.1 Å². The molecular formula is C22H22F2N2O2S2. The third-order valence-electron chi connectivity index (χ3n) is 5.34. The van der Waals surface area contributed by atoms with E-state index in [4.69, 9.17) is 0 Å². The van der Waals surface area contributed by atoms with Gasteiger partial charge in [-0.2, -0.15) is 0 Å². The lowest BCUT2D eigenvalue weighted by Gasteiger charge is -2.29. The Hall–Kier alpha value is -2.06. The summed E-state index contributed by atoms with van der Waals surface area (Å²) in [6.07, 6.45) is 0. The minimum atomic E-state index is -0.342. The first-order chi connectivity index (χ1) is 14.3. The monoisotopic (exact) mass is 448 g/mol. The molecule has 4 rings (SSSR count). The van der Waals surface area contributed by atoms with Crippen LogP contribution in [0, 0.1) is 11.6 Å². The molecule has 0 saturated carbocycles. The van der Waals surface area contributed by atoms with Crippen LogP contribution >= 0.6 is 23.5 Å². The Bertz CT molecular complexity index is 896. The van der Waals surface area contributed by atoms with Crippen LogP contribution in [0.15, 0.2) is 48.5 Å². The summed E-state index contributed by atoms with van der Waals surface area (Å²) in [7, 11) is 0. The summed E-state index contributed by atoms with van der Waals surface area (Å²) in [5.41, 5.74) is 1.46. The number of thioether (sulfide) groups is 2. The molecule has 8 heteroatoms. The second kappa shape index (κ2) is 8.59. The molecule has 158 valence electrons. The number of hydrogen-bond acceptors (Lipinski definition) is 4. The molecule has 0 unspecified atom stereocenters. The van der Waals surface area contributed by atoms with Gasteiger partial charge in [0.15, 0.2) is 0 Å². The fourth-order valence-electron chi connectivity index (χ4n) is 3.86. The van der Waals surface area contributed by atoms with Gasteiger partial charge in [0, 0.05) is 13.1 Å². The summed E-state index contributed by atoms with van der Waals surface area (Å²) in [5, 5.41) is -1.06. The van der Waals surface area contributed by atoms with E-state index in [2.05, 4.69) is 0 Å². The van der Waals surface area contributed by atoms with Crippen molar-refractivity contribution in [3.05, 3.63) is 71.3 Å². The van der Waals surface area contributed by atoms with Gasteiger partial charge in [-0.3, -0.25) is 9.59 Å². The van der Waals surface area contributed by atoms with Gasteiger partial charge in [0.1, 0.15) is 22.4 Å². The molecule has 4 atom stereocenters. The van der Waals surface area contributed by atoms with E-state index in [0.717, 1.165) is 11.1 Å². The Morgan fingerprint density at radius 2 is 1.17 bits per heavy atom. The Labute approximate surface area is 183 Å². The highest BCUT2D eigenvalue weighted by Gasteiger charge is 2.42. The molecule has 4 nitrogen and oxygen atoms in total. The van der Waals surface area contributed by atoms with Crippen LogP contribution in [0.25, 0.3) is 0 Å². The molecule has 30 heavy (non-hydrogen) atoms. The predicted octanol–water partition coefficient (Wildman–Crippen LogP) is 4.59. The lowest BCUT2D eigenvalue weighted by Crippen LogP contribution is -2.40. The third-order valence-corrected chi connectivity index (χ3v) is 8.13. The molecule has 0 bridgehead atoms. The number of amides is 2. The molecule has 2 aromatic rings. The van der Waals surface area contributed by atoms with E-state index in [9.17, 15) is 18.4 Å². The Morgan fingerprint density at radius 3 is 1.53 bits per heavy atom. The minimum absolute atomic E-state index is 0.0242. The van der Waals surface area contributed by atoms with Gasteiger partial charge < -0.3 is 9.80 Å². The molecule has 0 N–H and O–H groups in total. The molecule has 0 radical (unpaired) electrons. The van der Waals surface area contributed by atoms with Crippen molar-refractivity contribution in [1.29, 1.82) is 0 Å². The molecule has 2 aliphatic rings. The fourth-order valence-corrected chi connectivity index (χ4v) is 6.45. The van der Waals surface area contributed by atoms with E-state index in [1.807, 2.05) is 26.0 Å². The molecule has 0 spiro atoms. The summed E-state index contributed by atoms with van der Waals surface area (Å²) >= 11 is 2.96. The van der Waals surface area contributed by atoms with Crippen LogP contribution in [0.1, 0.15) is 35.7 Å². The molecular weight excluding hydrogens is 426 g/mol. The first kappa shape index (κ1) is 21.2. The number of rotatable bonds is 5. The van der Waals surface area contributed by atoms with Gasteiger partial charge in [-0.15, -0.1) is 23.5 Å². The average molecular weight is 449 g/mol. The second-order valence-corrected chi connectivity index (χ2v) is 10.3. The number of benzene rings is 2. The largest absolute Gasteiger partial charge is 0.324 e. The third kappa shape index (κ3) is 4.07. The maximum atomic E-state index is 13.7. The number of carbonyl (C=O) groups is 2. The van der Waals surface area contributed by atoms with Crippen LogP contribution in [-0.2, 0) is 9.59 Å². The highest BCUT2D eigenvalue weighted by molar-refractivity contribution is 8.01. The van der Waals surface area contributed by atoms with Crippen molar-refractivity contribution in [3.63, 3.8) is 0 Å². The summed E-state index contributed by atoms with van der Waals surface area (Å²) in [5.74, 6) is -0.731. The number of hydrogen-bond donors (Lipinski definition) is 0. The highest BCUT2D eigenvalue weighted by Crippen LogP contribution is 2.45. The molecule has 2 amide bonds. The first-order valence-corrected chi connectivity index (χ1v) is 11.7. The molecule has 2 aromatic carbocycles. The SMILES string of the molecule is C[C@H]1S[C@H](c2cccc(F)c2)N(CCN2C(=O)[C@@H](C)S[C@@H]2c2cccc(F)c2)C1=O. The van der Waals surface area contributed by atoms with Crippen LogP contribution in [0.5, 0.6) is 0 Å². The molecule has 2 heterocycles. The number of carbonyl (C=O) groups excluding carboxylic acids is 2. The standard InChI is InChI=1S/C22H22F2N2O2S2/c1-13-19(27)25(21(29-13)15-5-3-7-17(23)11-15)9-10-26-20(28)14(2)30-22(26)16-6-4-8-18(24)12-16/h3-8,11-14,21-22H,9-10H2,1-2H3/t13-,14-,21-,22-/m1/s1. The summed E-state index contributed by atoms with van der Waals surface area (Å²) in [6, 6.07) is 12.6. The van der Waals surface area contributed by atoms with Crippen molar-refractivity contribution in [2.24, 2.45) is 0 Å². The maximum absolute atomic E-state index is 13.7. The predicted molar refractivity (Wildman–Crippen MR) is 116 cm³/mol. The van der Waals surface area contributed by atoms with Gasteiger partial charge in [0.25, 0.3) is 0 Å². The van der Waals surface area contributed by atoms with Gasteiger partial charge in [-0.25, -0.2) is 8.78 Å². The zero-order chi connectivity index (χ0) is 21.4. The van der Waals surface area contributed by atoms with Crippen LogP contribution < -0.4 is 0 Å². The van der Waals surface area contributed by atoms with E-state index in [-0.39, 0.29) is 44.7 Å². The molecule has 0 aromatic heterocycles. The Balaban J connectivity index is 1.55.